The van der Waals surface area contributed by atoms with Gasteiger partial charge < -0.3 is 4.90 Å². The summed E-state index contributed by atoms with van der Waals surface area (Å²) < 4.78 is 13.7. The fourth-order valence-corrected chi connectivity index (χ4v) is 2.08. The number of nitrogens with zero attached hydrogens (tertiary/aromatic N) is 1. The van der Waals surface area contributed by atoms with Crippen molar-refractivity contribution in [2.24, 2.45) is 0 Å². The highest BCUT2D eigenvalue weighted by atomic mass is 19.1. The van der Waals surface area contributed by atoms with Gasteiger partial charge in [0.25, 0.3) is 0 Å². The lowest BCUT2D eigenvalue weighted by Crippen LogP contribution is -2.08. The van der Waals surface area contributed by atoms with E-state index in [1.165, 1.54) is 0 Å². The summed E-state index contributed by atoms with van der Waals surface area (Å²) in [6.07, 6.45) is 0. The van der Waals surface area contributed by atoms with Crippen LogP contribution in [0.15, 0.2) is 42.5 Å². The Kier molecular flexibility index (Phi) is 3.89. The van der Waals surface area contributed by atoms with Crippen LogP contribution in [0.2, 0.25) is 0 Å². The van der Waals surface area contributed by atoms with Gasteiger partial charge in [-0.2, -0.15) is 0 Å². The first-order chi connectivity index (χ1) is 8.97. The van der Waals surface area contributed by atoms with E-state index in [-0.39, 0.29) is 5.82 Å². The number of rotatable bonds is 3. The van der Waals surface area contributed by atoms with E-state index in [1.54, 1.807) is 12.1 Å². The van der Waals surface area contributed by atoms with Crippen LogP contribution in [0, 0.1) is 5.82 Å². The van der Waals surface area contributed by atoms with E-state index in [1.807, 2.05) is 37.2 Å². The topological polar surface area (TPSA) is 3.24 Å². The number of hydrogen-bond donors (Lipinski definition) is 0. The molecule has 19 heavy (non-hydrogen) atoms. The molecule has 0 amide bonds. The van der Waals surface area contributed by atoms with Crippen molar-refractivity contribution < 1.29 is 4.39 Å². The summed E-state index contributed by atoms with van der Waals surface area (Å²) in [5.74, 6) is 0.155. The third kappa shape index (κ3) is 3.14. The molecule has 0 aliphatic carbocycles. The van der Waals surface area contributed by atoms with E-state index in [4.69, 9.17) is 0 Å². The van der Waals surface area contributed by atoms with Crippen molar-refractivity contribution >= 4 is 5.69 Å². The molecular formula is C17H20FN. The summed E-state index contributed by atoms with van der Waals surface area (Å²) >= 11 is 0. The molecule has 0 unspecified atom stereocenters. The van der Waals surface area contributed by atoms with Gasteiger partial charge in [0, 0.05) is 19.8 Å². The predicted molar refractivity (Wildman–Crippen MR) is 80.3 cm³/mol. The van der Waals surface area contributed by atoms with Crippen LogP contribution in [0.5, 0.6) is 0 Å². The van der Waals surface area contributed by atoms with Crippen molar-refractivity contribution in [2.75, 3.05) is 19.0 Å². The molecule has 1 nitrogen and oxygen atoms in total. The average Bonchev–Trinajstić information content (AvgIpc) is 2.38. The second-order valence-electron chi connectivity index (χ2n) is 5.37. The van der Waals surface area contributed by atoms with Gasteiger partial charge >= 0.3 is 0 Å². The Morgan fingerprint density at radius 2 is 1.68 bits per heavy atom. The standard InChI is InChI=1S/C17H20FN/c1-12(2)14-8-15(10-16(18)9-14)13-6-5-7-17(11-13)19(3)4/h5-12H,1-4H3. The van der Waals surface area contributed by atoms with Crippen LogP contribution in [0.1, 0.15) is 25.3 Å². The molecule has 2 aromatic carbocycles. The van der Waals surface area contributed by atoms with Crippen LogP contribution < -0.4 is 4.90 Å². The number of hydrogen-bond acceptors (Lipinski definition) is 1. The molecule has 0 fully saturated rings. The summed E-state index contributed by atoms with van der Waals surface area (Å²) in [5, 5.41) is 0. The second-order valence-corrected chi connectivity index (χ2v) is 5.37. The Morgan fingerprint density at radius 3 is 2.32 bits per heavy atom. The van der Waals surface area contributed by atoms with Gasteiger partial charge in [-0.15, -0.1) is 0 Å². The summed E-state index contributed by atoms with van der Waals surface area (Å²) in [4.78, 5) is 2.05. The van der Waals surface area contributed by atoms with E-state index in [0.29, 0.717) is 5.92 Å². The van der Waals surface area contributed by atoms with Crippen molar-refractivity contribution in [3.8, 4) is 11.1 Å². The first kappa shape index (κ1) is 13.6. The van der Waals surface area contributed by atoms with Crippen LogP contribution in [-0.4, -0.2) is 14.1 Å². The maximum absolute atomic E-state index is 13.7. The zero-order valence-corrected chi connectivity index (χ0v) is 11.9. The average molecular weight is 257 g/mol. The summed E-state index contributed by atoms with van der Waals surface area (Å²) in [7, 11) is 4.01. The van der Waals surface area contributed by atoms with E-state index in [9.17, 15) is 4.39 Å². The lowest BCUT2D eigenvalue weighted by molar-refractivity contribution is 0.624. The van der Waals surface area contributed by atoms with Gasteiger partial charge in [-0.25, -0.2) is 4.39 Å². The zero-order valence-electron chi connectivity index (χ0n) is 11.9. The van der Waals surface area contributed by atoms with Gasteiger partial charge in [-0.1, -0.05) is 32.0 Å². The molecule has 0 saturated carbocycles. The van der Waals surface area contributed by atoms with E-state index in [2.05, 4.69) is 26.0 Å². The molecule has 0 bridgehead atoms. The van der Waals surface area contributed by atoms with Crippen LogP contribution >= 0.6 is 0 Å². The molecule has 0 N–H and O–H groups in total. The van der Waals surface area contributed by atoms with Gasteiger partial charge in [-0.05, 0) is 46.9 Å². The molecule has 2 rings (SSSR count). The number of anilines is 1. The highest BCUT2D eigenvalue weighted by molar-refractivity contribution is 5.69. The molecule has 0 atom stereocenters. The normalized spacial score (nSPS) is 10.8. The monoisotopic (exact) mass is 257 g/mol. The molecule has 0 aromatic heterocycles. The van der Waals surface area contributed by atoms with E-state index in [0.717, 1.165) is 22.4 Å². The lowest BCUT2D eigenvalue weighted by Gasteiger charge is -2.14. The molecular weight excluding hydrogens is 237 g/mol. The maximum atomic E-state index is 13.7. The fraction of sp³-hybridized carbons (Fsp3) is 0.294. The molecule has 0 radical (unpaired) electrons. The molecule has 0 heterocycles. The number of halogens is 1. The largest absolute Gasteiger partial charge is 0.378 e. The van der Waals surface area contributed by atoms with Crippen molar-refractivity contribution in [2.45, 2.75) is 19.8 Å². The number of benzene rings is 2. The lowest BCUT2D eigenvalue weighted by atomic mass is 9.97. The van der Waals surface area contributed by atoms with Gasteiger partial charge in [0.05, 0.1) is 0 Å². The molecule has 0 spiro atoms. The third-order valence-electron chi connectivity index (χ3n) is 3.28. The molecule has 0 aliphatic rings. The summed E-state index contributed by atoms with van der Waals surface area (Å²) in [6.45, 7) is 4.16. The molecule has 2 aromatic rings. The Morgan fingerprint density at radius 1 is 0.947 bits per heavy atom. The van der Waals surface area contributed by atoms with Crippen molar-refractivity contribution in [3.05, 3.63) is 53.8 Å². The predicted octanol–water partition coefficient (Wildman–Crippen LogP) is 4.68. The van der Waals surface area contributed by atoms with E-state index < -0.39 is 0 Å². The fourth-order valence-electron chi connectivity index (χ4n) is 2.08. The van der Waals surface area contributed by atoms with Crippen LogP contribution in [0.3, 0.4) is 0 Å². The van der Waals surface area contributed by atoms with Gasteiger partial charge in [0.15, 0.2) is 0 Å². The van der Waals surface area contributed by atoms with Crippen LogP contribution in [-0.2, 0) is 0 Å². The van der Waals surface area contributed by atoms with Crippen molar-refractivity contribution in [1.29, 1.82) is 0 Å². The maximum Gasteiger partial charge on any atom is 0.124 e. The Balaban J connectivity index is 2.49. The molecule has 0 saturated heterocycles. The van der Waals surface area contributed by atoms with Crippen LogP contribution in [0.4, 0.5) is 10.1 Å². The minimum absolute atomic E-state index is 0.170. The third-order valence-corrected chi connectivity index (χ3v) is 3.28. The molecule has 2 heteroatoms. The van der Waals surface area contributed by atoms with Gasteiger partial charge in [-0.3, -0.25) is 0 Å². The Labute approximate surface area is 114 Å². The molecule has 100 valence electrons. The first-order valence-corrected chi connectivity index (χ1v) is 6.55. The first-order valence-electron chi connectivity index (χ1n) is 6.55. The van der Waals surface area contributed by atoms with Crippen molar-refractivity contribution in [3.63, 3.8) is 0 Å². The summed E-state index contributed by atoms with van der Waals surface area (Å²) in [6, 6.07) is 13.4. The smallest absolute Gasteiger partial charge is 0.124 e. The highest BCUT2D eigenvalue weighted by Gasteiger charge is 2.07. The highest BCUT2D eigenvalue weighted by Crippen LogP contribution is 2.27. The minimum Gasteiger partial charge on any atom is -0.378 e. The SMILES string of the molecule is CC(C)c1cc(F)cc(-c2cccc(N(C)C)c2)c1. The van der Waals surface area contributed by atoms with Gasteiger partial charge in [0.2, 0.25) is 0 Å². The van der Waals surface area contributed by atoms with Crippen LogP contribution in [0.25, 0.3) is 11.1 Å². The Hall–Kier alpha value is -1.83. The quantitative estimate of drug-likeness (QED) is 0.771. The van der Waals surface area contributed by atoms with Crippen molar-refractivity contribution in [1.82, 2.24) is 0 Å². The van der Waals surface area contributed by atoms with Gasteiger partial charge in [0.1, 0.15) is 5.82 Å². The Bertz CT molecular complexity index is 573. The second kappa shape index (κ2) is 5.43. The zero-order chi connectivity index (χ0) is 14.0. The molecule has 0 aliphatic heterocycles. The minimum atomic E-state index is -0.170. The summed E-state index contributed by atoms with van der Waals surface area (Å²) in [5.41, 5.74) is 4.14. The van der Waals surface area contributed by atoms with E-state index >= 15 is 0 Å².